The van der Waals surface area contributed by atoms with Crippen LogP contribution in [0.15, 0.2) is 42.9 Å². The molecule has 1 fully saturated rings. The average molecular weight is 379 g/mol. The molecule has 8 heteroatoms. The van der Waals surface area contributed by atoms with E-state index in [2.05, 4.69) is 25.8 Å². The summed E-state index contributed by atoms with van der Waals surface area (Å²) >= 11 is 1.50. The smallest absolute Gasteiger partial charge is 0.201 e. The van der Waals surface area contributed by atoms with Crippen molar-refractivity contribution in [1.82, 2.24) is 24.7 Å². The van der Waals surface area contributed by atoms with Crippen molar-refractivity contribution in [3.05, 3.63) is 48.5 Å². The van der Waals surface area contributed by atoms with E-state index in [4.69, 9.17) is 14.5 Å². The molecule has 27 heavy (non-hydrogen) atoms. The van der Waals surface area contributed by atoms with Gasteiger partial charge in [0, 0.05) is 36.6 Å². The van der Waals surface area contributed by atoms with E-state index < -0.39 is 6.29 Å². The lowest BCUT2D eigenvalue weighted by molar-refractivity contribution is -0.184. The Kier molecular flexibility index (Phi) is 4.16. The van der Waals surface area contributed by atoms with Crippen molar-refractivity contribution in [2.45, 2.75) is 12.7 Å². The summed E-state index contributed by atoms with van der Waals surface area (Å²) in [5.41, 5.74) is 3.52. The van der Waals surface area contributed by atoms with Gasteiger partial charge in [0.05, 0.1) is 24.4 Å². The Hall–Kier alpha value is -2.68. The fourth-order valence-corrected chi connectivity index (χ4v) is 4.02. The van der Waals surface area contributed by atoms with Crippen LogP contribution in [0.2, 0.25) is 0 Å². The first-order valence-electron chi connectivity index (χ1n) is 8.73. The molecule has 0 N–H and O–H groups in total. The molecule has 1 saturated heterocycles. The standard InChI is InChI=1S/C19H17N5O2S/c1-24-7-5-12-10-14(19-25-8-3-9-26-19)21-15(16(12)24)18-23-22-17(27-18)13-4-2-6-20-11-13/h2,4-7,10-11,19H,3,8-9H2,1H3. The van der Waals surface area contributed by atoms with Crippen LogP contribution in [-0.2, 0) is 16.5 Å². The molecule has 7 nitrogen and oxygen atoms in total. The second kappa shape index (κ2) is 6.80. The Labute approximate surface area is 159 Å². The number of hydrogen-bond acceptors (Lipinski definition) is 7. The number of pyridine rings is 2. The van der Waals surface area contributed by atoms with Crippen LogP contribution in [0.5, 0.6) is 0 Å². The van der Waals surface area contributed by atoms with Gasteiger partial charge in [-0.3, -0.25) is 4.98 Å². The summed E-state index contributed by atoms with van der Waals surface area (Å²) in [6.45, 7) is 1.36. The SMILES string of the molecule is Cn1ccc2cc(C3OCCCO3)nc(-c3nnc(-c4cccnc4)s3)c21. The van der Waals surface area contributed by atoms with Crippen LogP contribution in [-0.4, -0.2) is 37.9 Å². The lowest BCUT2D eigenvalue weighted by Crippen LogP contribution is -2.19. The van der Waals surface area contributed by atoms with Gasteiger partial charge in [0.25, 0.3) is 0 Å². The largest absolute Gasteiger partial charge is 0.349 e. The predicted octanol–water partition coefficient (Wildman–Crippen LogP) is 3.59. The normalized spacial score (nSPS) is 15.4. The van der Waals surface area contributed by atoms with Crippen molar-refractivity contribution >= 4 is 22.2 Å². The van der Waals surface area contributed by atoms with Crippen LogP contribution in [0.4, 0.5) is 0 Å². The summed E-state index contributed by atoms with van der Waals surface area (Å²) in [5.74, 6) is 0. The van der Waals surface area contributed by atoms with Gasteiger partial charge >= 0.3 is 0 Å². The van der Waals surface area contributed by atoms with Gasteiger partial charge in [-0.2, -0.15) is 0 Å². The molecule has 0 saturated carbocycles. The molecule has 5 rings (SSSR count). The molecule has 0 unspecified atom stereocenters. The van der Waals surface area contributed by atoms with E-state index in [0.29, 0.717) is 13.2 Å². The van der Waals surface area contributed by atoms with Gasteiger partial charge < -0.3 is 14.0 Å². The van der Waals surface area contributed by atoms with Crippen molar-refractivity contribution in [2.75, 3.05) is 13.2 Å². The van der Waals surface area contributed by atoms with Crippen LogP contribution < -0.4 is 0 Å². The first-order valence-corrected chi connectivity index (χ1v) is 9.55. The number of ether oxygens (including phenoxy) is 2. The van der Waals surface area contributed by atoms with Crippen molar-refractivity contribution in [1.29, 1.82) is 0 Å². The van der Waals surface area contributed by atoms with Crippen LogP contribution in [0.1, 0.15) is 18.4 Å². The summed E-state index contributed by atoms with van der Waals surface area (Å²) in [7, 11) is 2.00. The third kappa shape index (κ3) is 3.01. The van der Waals surface area contributed by atoms with Gasteiger partial charge in [-0.1, -0.05) is 11.3 Å². The molecular weight excluding hydrogens is 362 g/mol. The highest BCUT2D eigenvalue weighted by Crippen LogP contribution is 2.35. The molecule has 0 atom stereocenters. The Morgan fingerprint density at radius 3 is 2.81 bits per heavy atom. The lowest BCUT2D eigenvalue weighted by Gasteiger charge is -2.23. The number of nitrogens with zero attached hydrogens (tertiary/aromatic N) is 5. The first kappa shape index (κ1) is 16.5. The van der Waals surface area contributed by atoms with Crippen LogP contribution >= 0.6 is 11.3 Å². The van der Waals surface area contributed by atoms with Crippen molar-refractivity contribution in [2.24, 2.45) is 7.05 Å². The summed E-state index contributed by atoms with van der Waals surface area (Å²) < 4.78 is 13.6. The van der Waals surface area contributed by atoms with Gasteiger partial charge in [0.15, 0.2) is 5.01 Å². The topological polar surface area (TPSA) is 75.0 Å². The molecule has 0 spiro atoms. The summed E-state index contributed by atoms with van der Waals surface area (Å²) in [5, 5.41) is 11.4. The van der Waals surface area contributed by atoms with E-state index in [1.54, 1.807) is 12.4 Å². The maximum Gasteiger partial charge on any atom is 0.201 e. The Bertz CT molecular complexity index is 1090. The molecule has 0 aliphatic carbocycles. The molecule has 0 amide bonds. The van der Waals surface area contributed by atoms with E-state index >= 15 is 0 Å². The minimum atomic E-state index is -0.437. The Balaban J connectivity index is 1.63. The zero-order valence-electron chi connectivity index (χ0n) is 14.7. The zero-order valence-corrected chi connectivity index (χ0v) is 15.5. The van der Waals surface area contributed by atoms with E-state index in [-0.39, 0.29) is 0 Å². The van der Waals surface area contributed by atoms with Gasteiger partial charge in [0.2, 0.25) is 6.29 Å². The van der Waals surface area contributed by atoms with E-state index in [9.17, 15) is 0 Å². The molecule has 1 aliphatic heterocycles. The molecule has 0 bridgehead atoms. The van der Waals surface area contributed by atoms with Gasteiger partial charge in [-0.05, 0) is 30.7 Å². The monoisotopic (exact) mass is 379 g/mol. The summed E-state index contributed by atoms with van der Waals surface area (Å²) in [4.78, 5) is 9.02. The highest BCUT2D eigenvalue weighted by molar-refractivity contribution is 7.18. The maximum atomic E-state index is 5.75. The third-order valence-electron chi connectivity index (χ3n) is 4.48. The molecule has 4 aromatic heterocycles. The second-order valence-electron chi connectivity index (χ2n) is 6.34. The molecule has 0 radical (unpaired) electrons. The highest BCUT2D eigenvalue weighted by atomic mass is 32.1. The Morgan fingerprint density at radius 1 is 1.15 bits per heavy atom. The zero-order chi connectivity index (χ0) is 18.2. The molecule has 5 heterocycles. The van der Waals surface area contributed by atoms with E-state index in [0.717, 1.165) is 44.3 Å². The van der Waals surface area contributed by atoms with Crippen molar-refractivity contribution in [3.63, 3.8) is 0 Å². The average Bonchev–Trinajstić information content (AvgIpc) is 3.36. The number of fused-ring (bicyclic) bond motifs is 1. The summed E-state index contributed by atoms with van der Waals surface area (Å²) in [6.07, 6.45) is 6.02. The fourth-order valence-electron chi connectivity index (χ4n) is 3.20. The fraction of sp³-hybridized carbons (Fsp3) is 0.263. The minimum Gasteiger partial charge on any atom is -0.349 e. The quantitative estimate of drug-likeness (QED) is 0.541. The minimum absolute atomic E-state index is 0.437. The number of rotatable bonds is 3. The second-order valence-corrected chi connectivity index (χ2v) is 7.32. The molecular formula is C19H17N5O2S. The highest BCUT2D eigenvalue weighted by Gasteiger charge is 2.23. The number of hydrogen-bond donors (Lipinski definition) is 0. The third-order valence-corrected chi connectivity index (χ3v) is 5.46. The summed E-state index contributed by atoms with van der Waals surface area (Å²) in [6, 6.07) is 7.96. The van der Waals surface area contributed by atoms with Gasteiger partial charge in [-0.15, -0.1) is 10.2 Å². The number of aryl methyl sites for hydroxylation is 1. The molecule has 136 valence electrons. The maximum absolute atomic E-state index is 5.75. The van der Waals surface area contributed by atoms with Crippen LogP contribution in [0.25, 0.3) is 32.2 Å². The number of aromatic nitrogens is 5. The Morgan fingerprint density at radius 2 is 2.00 bits per heavy atom. The predicted molar refractivity (Wildman–Crippen MR) is 102 cm³/mol. The van der Waals surface area contributed by atoms with E-state index in [1.165, 1.54) is 11.3 Å². The van der Waals surface area contributed by atoms with Gasteiger partial charge in [-0.25, -0.2) is 4.98 Å². The molecule has 1 aliphatic rings. The first-order chi connectivity index (χ1) is 13.3. The lowest BCUT2D eigenvalue weighted by atomic mass is 10.2. The molecule has 0 aromatic carbocycles. The van der Waals surface area contributed by atoms with Crippen molar-refractivity contribution < 1.29 is 9.47 Å². The van der Waals surface area contributed by atoms with Crippen molar-refractivity contribution in [3.8, 4) is 21.3 Å². The van der Waals surface area contributed by atoms with Gasteiger partial charge in [0.1, 0.15) is 10.7 Å². The van der Waals surface area contributed by atoms with Crippen LogP contribution in [0.3, 0.4) is 0 Å². The van der Waals surface area contributed by atoms with Crippen LogP contribution in [0, 0.1) is 0 Å². The molecule has 4 aromatic rings. The van der Waals surface area contributed by atoms with E-state index in [1.807, 2.05) is 31.4 Å².